The summed E-state index contributed by atoms with van der Waals surface area (Å²) in [7, 11) is 0. The van der Waals surface area contributed by atoms with Gasteiger partial charge in [0.2, 0.25) is 0 Å². The summed E-state index contributed by atoms with van der Waals surface area (Å²) in [6, 6.07) is 0. The monoisotopic (exact) mass is 157 g/mol. The average molecular weight is 157 g/mol. The number of hydrogen-bond donors (Lipinski definition) is 1. The topological polar surface area (TPSA) is 38.3 Å². The minimum Gasteiger partial charge on any atom is -0.449 e. The van der Waals surface area contributed by atoms with Crippen LogP contribution in [0, 0.1) is 11.8 Å². The Morgan fingerprint density at radius 2 is 2.45 bits per heavy atom. The number of rotatable bonds is 2. The van der Waals surface area contributed by atoms with Crippen molar-refractivity contribution in [3.63, 3.8) is 0 Å². The van der Waals surface area contributed by atoms with Gasteiger partial charge in [0.15, 0.2) is 0 Å². The molecule has 1 heterocycles. The van der Waals surface area contributed by atoms with Crippen molar-refractivity contribution in [1.29, 1.82) is 0 Å². The highest BCUT2D eigenvalue weighted by atomic mass is 16.6. The molecule has 0 radical (unpaired) electrons. The summed E-state index contributed by atoms with van der Waals surface area (Å²) in [6.45, 7) is 5.72. The molecule has 0 aromatic carbocycles. The van der Waals surface area contributed by atoms with E-state index in [2.05, 4.69) is 19.2 Å². The standard InChI is InChI=1S/C8H15NO2/c1-6(2)3-7-4-9-8(10)11-5-7/h6-7H,3-5H2,1-2H3,(H,9,10). The van der Waals surface area contributed by atoms with Gasteiger partial charge in [0.05, 0.1) is 6.61 Å². The molecular formula is C8H15NO2. The summed E-state index contributed by atoms with van der Waals surface area (Å²) in [5.74, 6) is 1.19. The van der Waals surface area contributed by atoms with Gasteiger partial charge in [0.1, 0.15) is 0 Å². The first-order chi connectivity index (χ1) is 5.18. The Balaban J connectivity index is 2.22. The molecule has 1 saturated heterocycles. The highest BCUT2D eigenvalue weighted by Gasteiger charge is 2.19. The Bertz CT molecular complexity index is 135. The highest BCUT2D eigenvalue weighted by Crippen LogP contribution is 2.13. The average Bonchev–Trinajstić information content (AvgIpc) is 1.93. The molecule has 0 saturated carbocycles. The molecule has 1 rings (SSSR count). The fourth-order valence-electron chi connectivity index (χ4n) is 1.35. The first kappa shape index (κ1) is 8.37. The summed E-state index contributed by atoms with van der Waals surface area (Å²) < 4.78 is 4.84. The summed E-state index contributed by atoms with van der Waals surface area (Å²) in [5.41, 5.74) is 0. The van der Waals surface area contributed by atoms with Crippen LogP contribution in [0.25, 0.3) is 0 Å². The molecule has 3 nitrogen and oxygen atoms in total. The van der Waals surface area contributed by atoms with Crippen LogP contribution in [0.4, 0.5) is 4.79 Å². The van der Waals surface area contributed by atoms with E-state index < -0.39 is 0 Å². The van der Waals surface area contributed by atoms with Crippen LogP contribution in [0.15, 0.2) is 0 Å². The number of carbonyl (C=O) groups excluding carboxylic acids is 1. The van der Waals surface area contributed by atoms with Gasteiger partial charge in [0.25, 0.3) is 0 Å². The molecule has 0 spiro atoms. The van der Waals surface area contributed by atoms with Crippen molar-refractivity contribution in [1.82, 2.24) is 5.32 Å². The number of carbonyl (C=O) groups is 1. The lowest BCUT2D eigenvalue weighted by atomic mass is 9.97. The minimum atomic E-state index is -0.273. The molecule has 0 aromatic heterocycles. The van der Waals surface area contributed by atoms with Crippen molar-refractivity contribution in [3.05, 3.63) is 0 Å². The third kappa shape index (κ3) is 2.78. The normalized spacial score (nSPS) is 24.6. The van der Waals surface area contributed by atoms with Gasteiger partial charge in [-0.15, -0.1) is 0 Å². The van der Waals surface area contributed by atoms with Crippen molar-refractivity contribution < 1.29 is 9.53 Å². The van der Waals surface area contributed by atoms with Crippen LogP contribution in [-0.2, 0) is 4.74 Å². The van der Waals surface area contributed by atoms with Gasteiger partial charge < -0.3 is 10.1 Å². The zero-order valence-corrected chi connectivity index (χ0v) is 7.09. The Morgan fingerprint density at radius 3 is 2.91 bits per heavy atom. The molecule has 1 fully saturated rings. The number of nitrogens with one attached hydrogen (secondary N) is 1. The second kappa shape index (κ2) is 3.60. The van der Waals surface area contributed by atoms with Crippen molar-refractivity contribution in [3.8, 4) is 0 Å². The summed E-state index contributed by atoms with van der Waals surface area (Å²) in [6.07, 6.45) is 0.852. The van der Waals surface area contributed by atoms with E-state index in [9.17, 15) is 4.79 Å². The van der Waals surface area contributed by atoms with Gasteiger partial charge in [-0.1, -0.05) is 13.8 Å². The molecule has 1 aliphatic heterocycles. The van der Waals surface area contributed by atoms with Crippen LogP contribution >= 0.6 is 0 Å². The van der Waals surface area contributed by atoms with E-state index in [4.69, 9.17) is 4.74 Å². The highest BCUT2D eigenvalue weighted by molar-refractivity contribution is 5.67. The zero-order valence-electron chi connectivity index (χ0n) is 7.09. The lowest BCUT2D eigenvalue weighted by molar-refractivity contribution is 0.0960. The number of alkyl carbamates (subject to hydrolysis) is 1. The lowest BCUT2D eigenvalue weighted by Crippen LogP contribution is -2.39. The number of ether oxygens (including phenoxy) is 1. The van der Waals surface area contributed by atoms with Gasteiger partial charge in [0, 0.05) is 12.5 Å². The quantitative estimate of drug-likeness (QED) is 0.657. The van der Waals surface area contributed by atoms with E-state index in [1.54, 1.807) is 0 Å². The molecule has 64 valence electrons. The molecule has 0 aromatic rings. The van der Waals surface area contributed by atoms with Crippen molar-refractivity contribution in [2.45, 2.75) is 20.3 Å². The van der Waals surface area contributed by atoms with Gasteiger partial charge in [-0.3, -0.25) is 0 Å². The maximum Gasteiger partial charge on any atom is 0.407 e. The molecule has 1 aliphatic rings. The van der Waals surface area contributed by atoms with E-state index in [1.807, 2.05) is 0 Å². The second-order valence-corrected chi connectivity index (χ2v) is 3.47. The summed E-state index contributed by atoms with van der Waals surface area (Å²) in [5, 5.41) is 2.68. The Labute approximate surface area is 67.1 Å². The minimum absolute atomic E-state index is 0.273. The molecular weight excluding hydrogens is 142 g/mol. The first-order valence-corrected chi connectivity index (χ1v) is 4.09. The van der Waals surface area contributed by atoms with Gasteiger partial charge in [-0.25, -0.2) is 4.79 Å². The fourth-order valence-corrected chi connectivity index (χ4v) is 1.35. The van der Waals surface area contributed by atoms with Crippen molar-refractivity contribution in [2.24, 2.45) is 11.8 Å². The van der Waals surface area contributed by atoms with Gasteiger partial charge >= 0.3 is 6.09 Å². The molecule has 1 amide bonds. The maximum absolute atomic E-state index is 10.6. The predicted octanol–water partition coefficient (Wildman–Crippen LogP) is 1.39. The Hall–Kier alpha value is -0.730. The predicted molar refractivity (Wildman–Crippen MR) is 42.3 cm³/mol. The van der Waals surface area contributed by atoms with E-state index >= 15 is 0 Å². The molecule has 11 heavy (non-hydrogen) atoms. The Morgan fingerprint density at radius 1 is 1.73 bits per heavy atom. The molecule has 1 N–H and O–H groups in total. The van der Waals surface area contributed by atoms with Crippen molar-refractivity contribution >= 4 is 6.09 Å². The number of hydrogen-bond acceptors (Lipinski definition) is 2. The van der Waals surface area contributed by atoms with Crippen LogP contribution in [0.5, 0.6) is 0 Å². The van der Waals surface area contributed by atoms with E-state index in [-0.39, 0.29) is 6.09 Å². The molecule has 1 unspecified atom stereocenters. The molecule has 1 atom stereocenters. The van der Waals surface area contributed by atoms with Crippen LogP contribution in [0.1, 0.15) is 20.3 Å². The zero-order chi connectivity index (χ0) is 8.27. The molecule has 3 heteroatoms. The maximum atomic E-state index is 10.6. The Kier molecular flexibility index (Phi) is 2.74. The second-order valence-electron chi connectivity index (χ2n) is 3.47. The fraction of sp³-hybridized carbons (Fsp3) is 0.875. The third-order valence-electron chi connectivity index (χ3n) is 1.79. The number of cyclic esters (lactones) is 1. The largest absolute Gasteiger partial charge is 0.449 e. The van der Waals surface area contributed by atoms with Gasteiger partial charge in [-0.2, -0.15) is 0 Å². The van der Waals surface area contributed by atoms with Crippen LogP contribution in [0.2, 0.25) is 0 Å². The van der Waals surface area contributed by atoms with E-state index in [0.29, 0.717) is 18.4 Å². The van der Waals surface area contributed by atoms with E-state index in [0.717, 1.165) is 13.0 Å². The molecule has 0 bridgehead atoms. The molecule has 0 aliphatic carbocycles. The summed E-state index contributed by atoms with van der Waals surface area (Å²) in [4.78, 5) is 10.6. The number of amides is 1. The third-order valence-corrected chi connectivity index (χ3v) is 1.79. The summed E-state index contributed by atoms with van der Waals surface area (Å²) >= 11 is 0. The first-order valence-electron chi connectivity index (χ1n) is 4.09. The van der Waals surface area contributed by atoms with Crippen LogP contribution < -0.4 is 5.32 Å². The SMILES string of the molecule is CC(C)CC1CNC(=O)OC1. The van der Waals surface area contributed by atoms with Gasteiger partial charge in [-0.05, 0) is 12.3 Å². The van der Waals surface area contributed by atoms with Crippen molar-refractivity contribution in [2.75, 3.05) is 13.2 Å². The lowest BCUT2D eigenvalue weighted by Gasteiger charge is -2.23. The smallest absolute Gasteiger partial charge is 0.407 e. The van der Waals surface area contributed by atoms with Crippen LogP contribution in [0.3, 0.4) is 0 Å². The van der Waals surface area contributed by atoms with Crippen LogP contribution in [-0.4, -0.2) is 19.2 Å². The van der Waals surface area contributed by atoms with E-state index in [1.165, 1.54) is 0 Å².